The number of hydrogen-bond donors (Lipinski definition) is 0. The number of ether oxygens (including phenoxy) is 1. The summed E-state index contributed by atoms with van der Waals surface area (Å²) in [7, 11) is 0. The summed E-state index contributed by atoms with van der Waals surface area (Å²) in [5.41, 5.74) is 28.1. The van der Waals surface area contributed by atoms with Crippen molar-refractivity contribution in [2.75, 3.05) is 14.7 Å². The van der Waals surface area contributed by atoms with Crippen LogP contribution in [0.25, 0.3) is 22.3 Å². The number of hydrogen-bond acceptors (Lipinski definition) is 4. The van der Waals surface area contributed by atoms with Gasteiger partial charge in [0.25, 0.3) is 6.71 Å². The fraction of sp³-hybridized carbons (Fsp3) is 0.221. The molecule has 5 aliphatic rings. The third kappa shape index (κ3) is 7.17. The SMILES string of the molecule is CC(C)(C)c1ccc(N2c3cc4c5c(c3)C3(c6ccccc6-c6ccccc63)c3cccc6c3B5c3c(cccc3N6c3ccc(C(C)(C)C)cc3-c3ccccc3)N4c3ccc(C(C)(C)C)cc3Oc3cc(C(C)(C)C)ccc32)cc1. The predicted molar refractivity (Wildman–Crippen MR) is 346 cm³/mol. The maximum atomic E-state index is 7.80. The first-order valence-electron chi connectivity index (χ1n) is 29.5. The lowest BCUT2D eigenvalue weighted by Gasteiger charge is -2.52. The number of benzene rings is 10. The number of anilines is 9. The fourth-order valence-corrected chi connectivity index (χ4v) is 14.5. The Morgan fingerprint density at radius 3 is 1.33 bits per heavy atom. The lowest BCUT2D eigenvalue weighted by Crippen LogP contribution is -2.68. The summed E-state index contributed by atoms with van der Waals surface area (Å²) < 4.78 is 7.80. The van der Waals surface area contributed by atoms with Crippen LogP contribution in [0.2, 0.25) is 0 Å². The molecule has 0 saturated carbocycles. The van der Waals surface area contributed by atoms with E-state index in [-0.39, 0.29) is 28.4 Å². The molecule has 0 aromatic heterocycles. The Hall–Kier alpha value is -8.54. The van der Waals surface area contributed by atoms with Crippen LogP contribution in [0.5, 0.6) is 11.5 Å². The van der Waals surface area contributed by atoms with Gasteiger partial charge in [0.15, 0.2) is 11.5 Å². The van der Waals surface area contributed by atoms with Gasteiger partial charge in [0, 0.05) is 39.7 Å². The molecule has 82 heavy (non-hydrogen) atoms. The van der Waals surface area contributed by atoms with Gasteiger partial charge in [0.05, 0.1) is 22.5 Å². The Kier molecular flexibility index (Phi) is 10.6. The Bertz CT molecular complexity index is 4270. The van der Waals surface area contributed by atoms with E-state index in [0.717, 1.165) is 51.3 Å². The van der Waals surface area contributed by atoms with Gasteiger partial charge in [-0.2, -0.15) is 0 Å². The van der Waals surface area contributed by atoms with Crippen molar-refractivity contribution in [3.8, 4) is 33.8 Å². The van der Waals surface area contributed by atoms with Crippen molar-refractivity contribution in [1.29, 1.82) is 0 Å². The van der Waals surface area contributed by atoms with Crippen molar-refractivity contribution in [1.82, 2.24) is 0 Å². The van der Waals surface area contributed by atoms with Crippen molar-refractivity contribution in [3.63, 3.8) is 0 Å². The van der Waals surface area contributed by atoms with Crippen LogP contribution in [0.1, 0.15) is 128 Å². The first-order valence-corrected chi connectivity index (χ1v) is 29.5. The third-order valence-corrected chi connectivity index (χ3v) is 18.7. The molecule has 0 amide bonds. The Labute approximate surface area is 485 Å². The molecule has 4 aliphatic heterocycles. The average molecular weight is 1060 g/mol. The van der Waals surface area contributed by atoms with Gasteiger partial charge >= 0.3 is 0 Å². The van der Waals surface area contributed by atoms with Gasteiger partial charge in [-0.25, -0.2) is 0 Å². The lowest BCUT2D eigenvalue weighted by atomic mass is 9.28. The molecule has 1 aliphatic carbocycles. The van der Waals surface area contributed by atoms with Crippen molar-refractivity contribution >= 4 is 74.3 Å². The van der Waals surface area contributed by atoms with Crippen LogP contribution in [0, 0.1) is 0 Å². The Morgan fingerprint density at radius 2 is 0.756 bits per heavy atom. The molecular weight excluding hydrogens is 994 g/mol. The molecule has 4 nitrogen and oxygen atoms in total. The minimum Gasteiger partial charge on any atom is -0.453 e. The second kappa shape index (κ2) is 17.3. The van der Waals surface area contributed by atoms with Crippen LogP contribution in [0.15, 0.2) is 206 Å². The highest BCUT2D eigenvalue weighted by Gasteiger charge is 2.58. The largest absolute Gasteiger partial charge is 0.453 e. The zero-order valence-corrected chi connectivity index (χ0v) is 49.5. The smallest absolute Gasteiger partial charge is 0.253 e. The summed E-state index contributed by atoms with van der Waals surface area (Å²) in [6, 6.07) is 79.6. The predicted octanol–water partition coefficient (Wildman–Crippen LogP) is 18.9. The molecule has 0 radical (unpaired) electrons. The maximum Gasteiger partial charge on any atom is 0.253 e. The molecular formula is C77H70BN3O. The highest BCUT2D eigenvalue weighted by Crippen LogP contribution is 2.62. The molecule has 0 saturated heterocycles. The summed E-state index contributed by atoms with van der Waals surface area (Å²) >= 11 is 0. The Balaban J connectivity index is 1.13. The van der Waals surface area contributed by atoms with Crippen molar-refractivity contribution in [2.45, 2.75) is 110 Å². The van der Waals surface area contributed by atoms with E-state index in [1.54, 1.807) is 0 Å². The van der Waals surface area contributed by atoms with Crippen LogP contribution < -0.4 is 35.8 Å². The normalized spacial score (nSPS) is 14.9. The van der Waals surface area contributed by atoms with Crippen molar-refractivity contribution < 1.29 is 4.74 Å². The van der Waals surface area contributed by atoms with Crippen LogP contribution in [0.4, 0.5) is 51.2 Å². The molecule has 0 fully saturated rings. The van der Waals surface area contributed by atoms with Gasteiger partial charge < -0.3 is 19.4 Å². The molecule has 0 atom stereocenters. The first-order chi connectivity index (χ1) is 39.2. The molecule has 0 unspecified atom stereocenters. The van der Waals surface area contributed by atoms with E-state index in [1.165, 1.54) is 94.5 Å². The standard InChI is InChI=1S/C77H70BN3O/c1-73(2,3)48-32-37-52(38-33-48)79-53-45-60-71-67(46-53)81(63-41-36-51(76(10,11)12)44-69(63)82-68-43-50(75(7,8)9)35-40-62(68)79)66-31-21-30-65-72(66)78(71)70-59(77(60)57-26-18-16-24-54(57)55-25-17-19-27-58(55)77)28-20-29-64(70)80(65)61-39-34-49(74(4,5)6)42-56(61)47-22-14-13-15-23-47/h13-46H,1-12H3. The summed E-state index contributed by atoms with van der Waals surface area (Å²) in [4.78, 5) is 7.72. The van der Waals surface area contributed by atoms with Gasteiger partial charge in [-0.1, -0.05) is 210 Å². The number of fused-ring (bicyclic) bond motifs is 12. The molecule has 2 bridgehead atoms. The van der Waals surface area contributed by atoms with Gasteiger partial charge in [0.2, 0.25) is 0 Å². The van der Waals surface area contributed by atoms with Gasteiger partial charge in [-0.3, -0.25) is 0 Å². The molecule has 10 aromatic rings. The Morgan fingerprint density at radius 1 is 0.305 bits per heavy atom. The highest BCUT2D eigenvalue weighted by molar-refractivity contribution is 7.01. The minimum atomic E-state index is -0.713. The second-order valence-electron chi connectivity index (χ2n) is 27.8. The van der Waals surface area contributed by atoms with Crippen LogP contribution in [0.3, 0.4) is 0 Å². The summed E-state index contributed by atoms with van der Waals surface area (Å²) in [5.74, 6) is 1.63. The summed E-state index contributed by atoms with van der Waals surface area (Å²) in [5, 5.41) is 0. The van der Waals surface area contributed by atoms with E-state index >= 15 is 0 Å². The van der Waals surface area contributed by atoms with E-state index in [1.807, 2.05) is 0 Å². The van der Waals surface area contributed by atoms with Crippen molar-refractivity contribution in [3.05, 3.63) is 251 Å². The van der Waals surface area contributed by atoms with Gasteiger partial charge in [-0.05, 0) is 178 Å². The maximum absolute atomic E-state index is 7.80. The number of nitrogens with zero attached hydrogens (tertiary/aromatic N) is 3. The molecule has 5 heteroatoms. The van der Waals surface area contributed by atoms with Gasteiger partial charge in [-0.15, -0.1) is 0 Å². The van der Waals surface area contributed by atoms with E-state index in [0.29, 0.717) is 0 Å². The topological polar surface area (TPSA) is 19.0 Å². The van der Waals surface area contributed by atoms with E-state index in [9.17, 15) is 0 Å². The summed E-state index contributed by atoms with van der Waals surface area (Å²) in [6.45, 7) is 27.6. The van der Waals surface area contributed by atoms with E-state index in [2.05, 4.69) is 304 Å². The minimum absolute atomic E-state index is 0.0273. The molecule has 10 aromatic carbocycles. The highest BCUT2D eigenvalue weighted by atomic mass is 16.5. The van der Waals surface area contributed by atoms with Crippen LogP contribution >= 0.6 is 0 Å². The van der Waals surface area contributed by atoms with Gasteiger partial charge in [0.1, 0.15) is 0 Å². The molecule has 4 heterocycles. The van der Waals surface area contributed by atoms with E-state index < -0.39 is 5.41 Å². The monoisotopic (exact) mass is 1060 g/mol. The third-order valence-electron chi connectivity index (χ3n) is 18.7. The molecule has 1 spiro atoms. The second-order valence-corrected chi connectivity index (χ2v) is 27.8. The molecule has 402 valence electrons. The lowest BCUT2D eigenvalue weighted by molar-refractivity contribution is 0.477. The van der Waals surface area contributed by atoms with E-state index in [4.69, 9.17) is 4.74 Å². The average Bonchev–Trinajstić information content (AvgIpc) is 3.48. The fourth-order valence-electron chi connectivity index (χ4n) is 14.5. The summed E-state index contributed by atoms with van der Waals surface area (Å²) in [6.07, 6.45) is 0. The quantitative estimate of drug-likeness (QED) is 0.164. The zero-order valence-electron chi connectivity index (χ0n) is 49.5. The van der Waals surface area contributed by atoms with Crippen molar-refractivity contribution in [2.24, 2.45) is 0 Å². The van der Waals surface area contributed by atoms with Crippen LogP contribution in [-0.2, 0) is 27.1 Å². The van der Waals surface area contributed by atoms with Crippen LogP contribution in [-0.4, -0.2) is 6.71 Å². The molecule has 0 N–H and O–H groups in total. The first kappa shape index (κ1) is 50.4. The molecule has 15 rings (SSSR count). The zero-order chi connectivity index (χ0) is 56.6. The number of rotatable bonds is 3.